The molecule has 1 saturated carbocycles. The molecule has 0 saturated heterocycles. The number of aryl methyl sites for hydroxylation is 1. The molecule has 1 aliphatic carbocycles. The molecule has 0 bridgehead atoms. The topological polar surface area (TPSA) is 48.9 Å². The first kappa shape index (κ1) is 23.9. The first-order valence-corrected chi connectivity index (χ1v) is 9.18. The van der Waals surface area contributed by atoms with Crippen LogP contribution in [0.1, 0.15) is 36.8 Å². The van der Waals surface area contributed by atoms with Gasteiger partial charge in [0.25, 0.3) is 0 Å². The molecule has 0 aliphatic heterocycles. The molecule has 0 aromatic heterocycles. The zero-order valence-corrected chi connectivity index (χ0v) is 18.6. The smallest absolute Gasteiger partial charge is 0.387 e. The van der Waals surface area contributed by atoms with Gasteiger partial charge in [-0.2, -0.15) is 8.78 Å². The first-order valence-electron chi connectivity index (χ1n) is 9.18. The minimum absolute atomic E-state index is 0. The largest absolute Gasteiger partial charge is 0.434 e. The van der Waals surface area contributed by atoms with Gasteiger partial charge in [-0.25, -0.2) is 0 Å². The third-order valence-electron chi connectivity index (χ3n) is 4.81. The van der Waals surface area contributed by atoms with Crippen molar-refractivity contribution in [3.05, 3.63) is 29.3 Å². The summed E-state index contributed by atoms with van der Waals surface area (Å²) < 4.78 is 29.7. The maximum absolute atomic E-state index is 12.6. The predicted molar refractivity (Wildman–Crippen MR) is 116 cm³/mol. The Morgan fingerprint density at radius 3 is 2.63 bits per heavy atom. The second kappa shape index (κ2) is 12.3. The lowest BCUT2D eigenvalue weighted by atomic mass is 10.1. The van der Waals surface area contributed by atoms with Crippen molar-refractivity contribution >= 4 is 29.9 Å². The van der Waals surface area contributed by atoms with Crippen LogP contribution in [0.3, 0.4) is 0 Å². The monoisotopic (exact) mass is 496 g/mol. The molecule has 0 atom stereocenters. The fourth-order valence-corrected chi connectivity index (χ4v) is 3.34. The number of ether oxygens (including phenoxy) is 1. The van der Waals surface area contributed by atoms with Gasteiger partial charge >= 0.3 is 6.61 Å². The molecular weight excluding hydrogens is 465 g/mol. The van der Waals surface area contributed by atoms with Crippen LogP contribution in [0.2, 0.25) is 0 Å². The van der Waals surface area contributed by atoms with Crippen LogP contribution in [0.4, 0.5) is 8.78 Å². The van der Waals surface area contributed by atoms with E-state index in [-0.39, 0.29) is 29.7 Å². The Balaban J connectivity index is 0.00000364. The molecule has 2 N–H and O–H groups in total. The van der Waals surface area contributed by atoms with Crippen LogP contribution in [0.15, 0.2) is 23.2 Å². The van der Waals surface area contributed by atoms with Gasteiger partial charge in [-0.05, 0) is 32.9 Å². The number of alkyl halides is 2. The minimum atomic E-state index is -2.83. The first-order chi connectivity index (χ1) is 12.5. The lowest BCUT2D eigenvalue weighted by Gasteiger charge is -2.24. The maximum Gasteiger partial charge on any atom is 0.387 e. The molecular formula is C19H31F2IN4O. The highest BCUT2D eigenvalue weighted by Crippen LogP contribution is 2.22. The van der Waals surface area contributed by atoms with E-state index in [0.29, 0.717) is 24.1 Å². The summed E-state index contributed by atoms with van der Waals surface area (Å²) in [5.41, 5.74) is 1.67. The number of benzene rings is 1. The molecule has 1 aliphatic rings. The van der Waals surface area contributed by atoms with Gasteiger partial charge in [0.2, 0.25) is 0 Å². The summed E-state index contributed by atoms with van der Waals surface area (Å²) in [6.45, 7) is 1.17. The summed E-state index contributed by atoms with van der Waals surface area (Å²) in [6.07, 6.45) is 5.21. The maximum atomic E-state index is 12.6. The van der Waals surface area contributed by atoms with Crippen molar-refractivity contribution in [2.45, 2.75) is 51.8 Å². The standard InChI is InChI=1S/C19H30F2N4O.HI/c1-14-8-9-17(26-18(20)21)15(12-14)13-24-19(22-2)23-10-11-25(3)16-6-4-5-7-16;/h8-9,12,16,18H,4-7,10-11,13H2,1-3H3,(H2,22,23,24);1H. The number of nitrogens with one attached hydrogen (secondary N) is 2. The van der Waals surface area contributed by atoms with Crippen LogP contribution in [0.5, 0.6) is 5.75 Å². The number of likely N-dealkylation sites (N-methyl/N-ethyl adjacent to an activating group) is 1. The average Bonchev–Trinajstić information content (AvgIpc) is 3.14. The van der Waals surface area contributed by atoms with Crippen LogP contribution in [0, 0.1) is 6.92 Å². The van der Waals surface area contributed by atoms with Crippen LogP contribution >= 0.6 is 24.0 Å². The molecule has 2 rings (SSSR count). The number of aliphatic imine (C=N–C) groups is 1. The number of guanidine groups is 1. The fourth-order valence-electron chi connectivity index (χ4n) is 3.34. The second-order valence-electron chi connectivity index (χ2n) is 6.76. The predicted octanol–water partition coefficient (Wildman–Crippen LogP) is 3.75. The van der Waals surface area contributed by atoms with Gasteiger partial charge in [0, 0.05) is 38.3 Å². The molecule has 5 nitrogen and oxygen atoms in total. The van der Waals surface area contributed by atoms with Gasteiger partial charge in [0.05, 0.1) is 0 Å². The quantitative estimate of drug-likeness (QED) is 0.327. The summed E-state index contributed by atoms with van der Waals surface area (Å²) in [7, 11) is 3.86. The molecule has 8 heteroatoms. The zero-order chi connectivity index (χ0) is 18.9. The summed E-state index contributed by atoms with van der Waals surface area (Å²) in [4.78, 5) is 6.59. The van der Waals surface area contributed by atoms with E-state index in [9.17, 15) is 8.78 Å². The van der Waals surface area contributed by atoms with E-state index < -0.39 is 6.61 Å². The molecule has 0 unspecified atom stereocenters. The molecule has 1 aromatic rings. The minimum Gasteiger partial charge on any atom is -0.434 e. The summed E-state index contributed by atoms with van der Waals surface area (Å²) in [5.74, 6) is 0.837. The van der Waals surface area contributed by atoms with Crippen LogP contribution in [-0.2, 0) is 6.54 Å². The van der Waals surface area contributed by atoms with E-state index in [1.807, 2.05) is 13.0 Å². The lowest BCUT2D eigenvalue weighted by molar-refractivity contribution is -0.0504. The van der Waals surface area contributed by atoms with E-state index in [1.165, 1.54) is 25.7 Å². The Hall–Kier alpha value is -1.16. The molecule has 1 aromatic carbocycles. The van der Waals surface area contributed by atoms with Gasteiger partial charge in [-0.3, -0.25) is 4.99 Å². The second-order valence-corrected chi connectivity index (χ2v) is 6.76. The zero-order valence-electron chi connectivity index (χ0n) is 16.3. The molecule has 1 fully saturated rings. The third kappa shape index (κ3) is 8.16. The third-order valence-corrected chi connectivity index (χ3v) is 4.81. The number of halogens is 3. The van der Waals surface area contributed by atoms with Gasteiger partial charge in [-0.15, -0.1) is 24.0 Å². The Bertz CT molecular complexity index is 595. The molecule has 0 amide bonds. The molecule has 27 heavy (non-hydrogen) atoms. The van der Waals surface area contributed by atoms with Gasteiger partial charge < -0.3 is 20.3 Å². The Labute approximate surface area is 178 Å². The van der Waals surface area contributed by atoms with Crippen molar-refractivity contribution in [1.82, 2.24) is 15.5 Å². The van der Waals surface area contributed by atoms with Gasteiger partial charge in [-0.1, -0.05) is 30.5 Å². The van der Waals surface area contributed by atoms with Crippen LogP contribution in [-0.4, -0.2) is 50.7 Å². The van der Waals surface area contributed by atoms with Crippen LogP contribution < -0.4 is 15.4 Å². The van der Waals surface area contributed by atoms with Crippen molar-refractivity contribution in [1.29, 1.82) is 0 Å². The van der Waals surface area contributed by atoms with Gasteiger partial charge in [0.15, 0.2) is 5.96 Å². The van der Waals surface area contributed by atoms with Crippen LogP contribution in [0.25, 0.3) is 0 Å². The molecule has 0 radical (unpaired) electrons. The number of hydrogen-bond acceptors (Lipinski definition) is 3. The van der Waals surface area contributed by atoms with Crippen molar-refractivity contribution in [2.75, 3.05) is 27.2 Å². The van der Waals surface area contributed by atoms with E-state index in [1.54, 1.807) is 19.2 Å². The Morgan fingerprint density at radius 1 is 1.30 bits per heavy atom. The number of rotatable bonds is 8. The summed E-state index contributed by atoms with van der Waals surface area (Å²) in [6, 6.07) is 5.86. The van der Waals surface area contributed by atoms with Crippen molar-refractivity contribution in [2.24, 2.45) is 4.99 Å². The van der Waals surface area contributed by atoms with E-state index in [4.69, 9.17) is 0 Å². The van der Waals surface area contributed by atoms with E-state index >= 15 is 0 Å². The Morgan fingerprint density at radius 2 is 2.00 bits per heavy atom. The highest BCUT2D eigenvalue weighted by molar-refractivity contribution is 14.0. The highest BCUT2D eigenvalue weighted by Gasteiger charge is 2.18. The summed E-state index contributed by atoms with van der Waals surface area (Å²) in [5, 5.41) is 6.44. The SMILES string of the molecule is CN=C(NCCN(C)C1CCCC1)NCc1cc(C)ccc1OC(F)F.I. The van der Waals surface area contributed by atoms with Crippen molar-refractivity contribution in [3.8, 4) is 5.75 Å². The van der Waals surface area contributed by atoms with Gasteiger partial charge in [0.1, 0.15) is 5.75 Å². The van der Waals surface area contributed by atoms with E-state index in [2.05, 4.69) is 32.3 Å². The molecule has 0 spiro atoms. The molecule has 0 heterocycles. The van der Waals surface area contributed by atoms with Crippen molar-refractivity contribution < 1.29 is 13.5 Å². The normalized spacial score (nSPS) is 15.1. The van der Waals surface area contributed by atoms with E-state index in [0.717, 1.165) is 18.7 Å². The number of nitrogens with zero attached hydrogens (tertiary/aromatic N) is 2. The lowest BCUT2D eigenvalue weighted by Crippen LogP contribution is -2.42. The molecule has 154 valence electrons. The number of hydrogen-bond donors (Lipinski definition) is 2. The van der Waals surface area contributed by atoms with Crippen molar-refractivity contribution in [3.63, 3.8) is 0 Å². The fraction of sp³-hybridized carbons (Fsp3) is 0.632. The average molecular weight is 496 g/mol. The highest BCUT2D eigenvalue weighted by atomic mass is 127. The Kier molecular flexibility index (Phi) is 10.9. The summed E-state index contributed by atoms with van der Waals surface area (Å²) >= 11 is 0.